The first-order valence-corrected chi connectivity index (χ1v) is 14.0. The summed E-state index contributed by atoms with van der Waals surface area (Å²) in [5.74, 6) is 2.86. The second-order valence-corrected chi connectivity index (χ2v) is 13.8. The molecule has 32 heavy (non-hydrogen) atoms. The summed E-state index contributed by atoms with van der Waals surface area (Å²) in [6.45, 7) is 17.1. The van der Waals surface area contributed by atoms with E-state index in [4.69, 9.17) is 0 Å². The third kappa shape index (κ3) is 3.48. The van der Waals surface area contributed by atoms with Gasteiger partial charge >= 0.3 is 0 Å². The average molecular weight is 445 g/mol. The molecular weight excluding hydrogens is 392 g/mol. The van der Waals surface area contributed by atoms with E-state index in [1.165, 1.54) is 44.9 Å². The van der Waals surface area contributed by atoms with Gasteiger partial charge in [-0.25, -0.2) is 0 Å². The summed E-state index contributed by atoms with van der Waals surface area (Å²) in [7, 11) is 0. The van der Waals surface area contributed by atoms with Crippen LogP contribution in [0.5, 0.6) is 0 Å². The molecule has 0 aromatic rings. The number of hydrogen-bond acceptors (Lipinski definition) is 2. The largest absolute Gasteiger partial charge is 0.393 e. The van der Waals surface area contributed by atoms with Crippen LogP contribution < -0.4 is 0 Å². The third-order valence-electron chi connectivity index (χ3n) is 12.2. The van der Waals surface area contributed by atoms with E-state index in [0.717, 1.165) is 37.5 Å². The minimum atomic E-state index is -0.150. The van der Waals surface area contributed by atoms with Crippen LogP contribution in [0.4, 0.5) is 0 Å². The van der Waals surface area contributed by atoms with Crippen LogP contribution in [-0.2, 0) is 0 Å². The third-order valence-corrected chi connectivity index (χ3v) is 12.2. The van der Waals surface area contributed by atoms with E-state index in [-0.39, 0.29) is 17.6 Å². The molecule has 4 aliphatic rings. The lowest BCUT2D eigenvalue weighted by Gasteiger charge is -2.64. The zero-order chi connectivity index (χ0) is 23.5. The number of allylic oxidation sites excluding steroid dienone is 2. The Morgan fingerprint density at radius 3 is 2.41 bits per heavy atom. The minimum Gasteiger partial charge on any atom is -0.393 e. The van der Waals surface area contributed by atoms with Crippen LogP contribution in [0.25, 0.3) is 0 Å². The highest BCUT2D eigenvalue weighted by atomic mass is 16.3. The fraction of sp³-hybridized carbons (Fsp3) is 0.933. The van der Waals surface area contributed by atoms with E-state index in [1.807, 2.05) is 5.57 Å². The molecule has 2 heteroatoms. The highest BCUT2D eigenvalue weighted by Crippen LogP contribution is 2.73. The van der Waals surface area contributed by atoms with Crippen molar-refractivity contribution in [3.63, 3.8) is 0 Å². The van der Waals surface area contributed by atoms with Crippen molar-refractivity contribution in [3.05, 3.63) is 11.6 Å². The molecule has 0 radical (unpaired) electrons. The Morgan fingerprint density at radius 2 is 1.72 bits per heavy atom. The fourth-order valence-electron chi connectivity index (χ4n) is 9.73. The van der Waals surface area contributed by atoms with Gasteiger partial charge in [0.15, 0.2) is 0 Å². The van der Waals surface area contributed by atoms with Crippen molar-refractivity contribution >= 4 is 0 Å². The van der Waals surface area contributed by atoms with E-state index in [2.05, 4.69) is 54.5 Å². The second-order valence-electron chi connectivity index (χ2n) is 13.8. The van der Waals surface area contributed by atoms with Gasteiger partial charge in [-0.05, 0) is 103 Å². The van der Waals surface area contributed by atoms with Gasteiger partial charge in [0.2, 0.25) is 0 Å². The van der Waals surface area contributed by atoms with Crippen molar-refractivity contribution < 1.29 is 10.2 Å². The van der Waals surface area contributed by atoms with Crippen molar-refractivity contribution in [2.24, 2.45) is 45.3 Å². The summed E-state index contributed by atoms with van der Waals surface area (Å²) in [4.78, 5) is 0. The molecule has 0 aromatic carbocycles. The summed E-state index contributed by atoms with van der Waals surface area (Å²) < 4.78 is 0. The van der Waals surface area contributed by atoms with E-state index in [1.54, 1.807) is 0 Å². The van der Waals surface area contributed by atoms with Crippen LogP contribution in [0.3, 0.4) is 0 Å². The summed E-state index contributed by atoms with van der Waals surface area (Å²) in [6, 6.07) is 0. The maximum absolute atomic E-state index is 10.8. The molecule has 0 saturated heterocycles. The van der Waals surface area contributed by atoms with Gasteiger partial charge in [0.1, 0.15) is 0 Å². The molecule has 3 saturated carbocycles. The highest BCUT2D eigenvalue weighted by molar-refractivity contribution is 5.33. The molecule has 2 unspecified atom stereocenters. The monoisotopic (exact) mass is 444 g/mol. The van der Waals surface area contributed by atoms with Gasteiger partial charge in [-0.2, -0.15) is 0 Å². The Morgan fingerprint density at radius 1 is 1.00 bits per heavy atom. The predicted molar refractivity (Wildman–Crippen MR) is 134 cm³/mol. The van der Waals surface area contributed by atoms with Crippen molar-refractivity contribution in [1.29, 1.82) is 0 Å². The summed E-state index contributed by atoms with van der Waals surface area (Å²) in [5.41, 5.74) is 2.92. The molecule has 184 valence electrons. The lowest BCUT2D eigenvalue weighted by atomic mass is 9.41. The number of rotatable bonds is 6. The first kappa shape index (κ1) is 24.8. The van der Waals surface area contributed by atoms with Gasteiger partial charge in [-0.15, -0.1) is 0 Å². The van der Waals surface area contributed by atoms with E-state index in [0.29, 0.717) is 28.1 Å². The lowest BCUT2D eigenvalue weighted by Crippen LogP contribution is -2.58. The first-order chi connectivity index (χ1) is 14.9. The predicted octanol–water partition coefficient (Wildman–Crippen LogP) is 7.53. The standard InChI is InChI=1S/C30H52O2/c1-8-21(31)11-9-10-20(2)22-14-18-30(7)24-12-13-25-27(3,4)26(32)16-17-28(25,5)23(24)15-19-29(22,30)6/h12,20-23,25-26,31-32H,8-11,13-19H2,1-7H3/t20-,21?,22-,23?,25+,26+,28-,29-,30+/m1/s1. The van der Waals surface area contributed by atoms with Crippen LogP contribution in [0.15, 0.2) is 11.6 Å². The summed E-state index contributed by atoms with van der Waals surface area (Å²) in [5, 5.41) is 20.8. The SMILES string of the molecule is CCC(O)CCC[C@@H](C)[C@H]1CC[C@@]2(C)C3=CC[C@H]4C(C)(C)[C@@H](O)CC[C@]4(C)C3CC[C@]12C. The van der Waals surface area contributed by atoms with Gasteiger partial charge in [-0.3, -0.25) is 0 Å². The van der Waals surface area contributed by atoms with E-state index in [9.17, 15) is 10.2 Å². The normalized spacial score (nSPS) is 47.1. The van der Waals surface area contributed by atoms with Gasteiger partial charge in [-0.1, -0.05) is 73.0 Å². The van der Waals surface area contributed by atoms with Crippen molar-refractivity contribution in [3.8, 4) is 0 Å². The molecule has 0 spiro atoms. The molecule has 2 N–H and O–H groups in total. The zero-order valence-electron chi connectivity index (χ0n) is 22.2. The molecule has 0 amide bonds. The van der Waals surface area contributed by atoms with Crippen LogP contribution in [0, 0.1) is 45.3 Å². The number of hydrogen-bond donors (Lipinski definition) is 2. The number of aliphatic hydroxyl groups is 2. The molecule has 4 aliphatic carbocycles. The molecule has 0 aliphatic heterocycles. The average Bonchev–Trinajstić information content (AvgIpc) is 3.02. The molecular formula is C30H52O2. The Labute approximate surface area is 198 Å². The quantitative estimate of drug-likeness (QED) is 0.416. The maximum Gasteiger partial charge on any atom is 0.0594 e. The maximum atomic E-state index is 10.8. The molecule has 0 heterocycles. The second kappa shape index (κ2) is 8.40. The lowest BCUT2D eigenvalue weighted by molar-refractivity contribution is -0.131. The smallest absolute Gasteiger partial charge is 0.0594 e. The van der Waals surface area contributed by atoms with Gasteiger partial charge in [0, 0.05) is 0 Å². The molecule has 2 nitrogen and oxygen atoms in total. The van der Waals surface area contributed by atoms with Crippen molar-refractivity contribution in [2.75, 3.05) is 0 Å². The van der Waals surface area contributed by atoms with Crippen LogP contribution >= 0.6 is 0 Å². The number of fused-ring (bicyclic) bond motifs is 5. The Bertz CT molecular complexity index is 724. The minimum absolute atomic E-state index is 0.0203. The number of aliphatic hydroxyl groups excluding tert-OH is 2. The summed E-state index contributed by atoms with van der Waals surface area (Å²) >= 11 is 0. The zero-order valence-corrected chi connectivity index (χ0v) is 22.2. The fourth-order valence-corrected chi connectivity index (χ4v) is 9.73. The molecule has 0 aromatic heterocycles. The molecule has 9 atom stereocenters. The Kier molecular flexibility index (Phi) is 6.50. The van der Waals surface area contributed by atoms with Gasteiger partial charge in [0.05, 0.1) is 12.2 Å². The van der Waals surface area contributed by atoms with E-state index < -0.39 is 0 Å². The van der Waals surface area contributed by atoms with Crippen LogP contribution in [-0.4, -0.2) is 22.4 Å². The molecule has 3 fully saturated rings. The Hall–Kier alpha value is -0.340. The van der Waals surface area contributed by atoms with Gasteiger partial charge < -0.3 is 10.2 Å². The van der Waals surface area contributed by atoms with Crippen LogP contribution in [0.2, 0.25) is 0 Å². The molecule has 0 bridgehead atoms. The topological polar surface area (TPSA) is 40.5 Å². The van der Waals surface area contributed by atoms with Gasteiger partial charge in [0.25, 0.3) is 0 Å². The highest BCUT2D eigenvalue weighted by Gasteiger charge is 2.65. The van der Waals surface area contributed by atoms with Crippen molar-refractivity contribution in [1.82, 2.24) is 0 Å². The molecule has 4 rings (SSSR count). The Balaban J connectivity index is 1.57. The van der Waals surface area contributed by atoms with Crippen LogP contribution in [0.1, 0.15) is 119 Å². The van der Waals surface area contributed by atoms with Crippen molar-refractivity contribution in [2.45, 2.75) is 131 Å². The summed E-state index contributed by atoms with van der Waals surface area (Å²) in [6.07, 6.45) is 15.5. The first-order valence-electron chi connectivity index (χ1n) is 14.0. The van der Waals surface area contributed by atoms with E-state index >= 15 is 0 Å².